The standard InChI is InChI=1S/C10H20O3S2/c1-15(12,13)8-4-5-9(11)10-6-2-3-7-14-10/h9-11H,2-8H2,1H3. The highest BCUT2D eigenvalue weighted by Crippen LogP contribution is 2.29. The van der Waals surface area contributed by atoms with Crippen molar-refractivity contribution in [2.75, 3.05) is 17.8 Å². The van der Waals surface area contributed by atoms with Gasteiger partial charge in [0.05, 0.1) is 6.10 Å². The van der Waals surface area contributed by atoms with E-state index in [0.717, 1.165) is 12.2 Å². The smallest absolute Gasteiger partial charge is 0.147 e. The minimum atomic E-state index is -2.87. The Hall–Kier alpha value is 0.260. The van der Waals surface area contributed by atoms with Crippen LogP contribution in [0, 0.1) is 0 Å². The first-order valence-corrected chi connectivity index (χ1v) is 8.57. The van der Waals surface area contributed by atoms with Gasteiger partial charge >= 0.3 is 0 Å². The molecule has 0 amide bonds. The fourth-order valence-electron chi connectivity index (χ4n) is 1.81. The monoisotopic (exact) mass is 252 g/mol. The van der Waals surface area contributed by atoms with E-state index < -0.39 is 9.84 Å². The van der Waals surface area contributed by atoms with E-state index >= 15 is 0 Å². The normalized spacial score (nSPS) is 25.1. The second-order valence-electron chi connectivity index (χ2n) is 4.24. The average molecular weight is 252 g/mol. The van der Waals surface area contributed by atoms with E-state index in [1.807, 2.05) is 11.8 Å². The summed E-state index contributed by atoms with van der Waals surface area (Å²) < 4.78 is 21.8. The van der Waals surface area contributed by atoms with E-state index in [1.54, 1.807) is 0 Å². The molecule has 5 heteroatoms. The molecule has 0 radical (unpaired) electrons. The van der Waals surface area contributed by atoms with Crippen LogP contribution in [0.3, 0.4) is 0 Å². The van der Waals surface area contributed by atoms with Crippen LogP contribution in [0.4, 0.5) is 0 Å². The van der Waals surface area contributed by atoms with Crippen LogP contribution in [0.5, 0.6) is 0 Å². The third-order valence-electron chi connectivity index (χ3n) is 2.66. The van der Waals surface area contributed by atoms with Gasteiger partial charge in [-0.05, 0) is 31.4 Å². The van der Waals surface area contributed by atoms with Crippen LogP contribution in [0.15, 0.2) is 0 Å². The molecule has 0 bridgehead atoms. The maximum Gasteiger partial charge on any atom is 0.147 e. The highest BCUT2D eigenvalue weighted by molar-refractivity contribution is 8.00. The van der Waals surface area contributed by atoms with Gasteiger partial charge in [0, 0.05) is 17.3 Å². The minimum Gasteiger partial charge on any atom is -0.392 e. The van der Waals surface area contributed by atoms with E-state index in [2.05, 4.69) is 0 Å². The molecule has 0 aromatic rings. The first kappa shape index (κ1) is 13.3. The summed E-state index contributed by atoms with van der Waals surface area (Å²) in [5.41, 5.74) is 0. The molecule has 15 heavy (non-hydrogen) atoms. The highest BCUT2D eigenvalue weighted by Gasteiger charge is 2.22. The Bertz CT molecular complexity index is 268. The van der Waals surface area contributed by atoms with Gasteiger partial charge in [-0.25, -0.2) is 8.42 Å². The van der Waals surface area contributed by atoms with Gasteiger partial charge in [-0.2, -0.15) is 11.8 Å². The van der Waals surface area contributed by atoms with Gasteiger partial charge in [-0.3, -0.25) is 0 Å². The third-order valence-corrected chi connectivity index (χ3v) is 5.19. The average Bonchev–Trinajstić information content (AvgIpc) is 2.17. The Labute approximate surface area is 96.6 Å². The summed E-state index contributed by atoms with van der Waals surface area (Å²) >= 11 is 1.83. The van der Waals surface area contributed by atoms with Crippen LogP contribution >= 0.6 is 11.8 Å². The lowest BCUT2D eigenvalue weighted by Crippen LogP contribution is -2.26. The van der Waals surface area contributed by atoms with E-state index in [0.29, 0.717) is 18.1 Å². The SMILES string of the molecule is CS(=O)(=O)CCCC(O)C1CCCCS1. The molecule has 2 atom stereocenters. The highest BCUT2D eigenvalue weighted by atomic mass is 32.2. The summed E-state index contributed by atoms with van der Waals surface area (Å²) in [6.45, 7) is 0. The molecular formula is C10H20O3S2. The molecule has 1 fully saturated rings. The van der Waals surface area contributed by atoms with Crippen molar-refractivity contribution in [3.8, 4) is 0 Å². The Kier molecular flexibility index (Phi) is 5.43. The van der Waals surface area contributed by atoms with Crippen molar-refractivity contribution in [2.24, 2.45) is 0 Å². The molecule has 2 unspecified atom stereocenters. The predicted octanol–water partition coefficient (Wildman–Crippen LogP) is 1.46. The topological polar surface area (TPSA) is 54.4 Å². The Morgan fingerprint density at radius 3 is 2.73 bits per heavy atom. The molecule has 90 valence electrons. The van der Waals surface area contributed by atoms with Crippen molar-refractivity contribution < 1.29 is 13.5 Å². The molecule has 3 nitrogen and oxygen atoms in total. The number of rotatable bonds is 5. The fraction of sp³-hybridized carbons (Fsp3) is 1.00. The van der Waals surface area contributed by atoms with Crippen molar-refractivity contribution in [2.45, 2.75) is 43.5 Å². The molecule has 1 rings (SSSR count). The van der Waals surface area contributed by atoms with Gasteiger partial charge in [0.1, 0.15) is 9.84 Å². The van der Waals surface area contributed by atoms with Crippen molar-refractivity contribution in [3.63, 3.8) is 0 Å². The molecular weight excluding hydrogens is 232 g/mol. The quantitative estimate of drug-likeness (QED) is 0.805. The number of hydrogen-bond donors (Lipinski definition) is 1. The van der Waals surface area contributed by atoms with Gasteiger partial charge in [-0.15, -0.1) is 0 Å². The molecule has 1 N–H and O–H groups in total. The Balaban J connectivity index is 2.20. The largest absolute Gasteiger partial charge is 0.392 e. The second kappa shape index (κ2) is 6.11. The first-order chi connectivity index (χ1) is 6.99. The zero-order valence-electron chi connectivity index (χ0n) is 9.18. The molecule has 1 heterocycles. The second-order valence-corrected chi connectivity index (χ2v) is 7.85. The lowest BCUT2D eigenvalue weighted by atomic mass is 10.1. The van der Waals surface area contributed by atoms with E-state index in [1.165, 1.54) is 19.1 Å². The van der Waals surface area contributed by atoms with Crippen LogP contribution in [-0.2, 0) is 9.84 Å². The zero-order chi connectivity index (χ0) is 11.3. The van der Waals surface area contributed by atoms with Crippen molar-refractivity contribution in [3.05, 3.63) is 0 Å². The molecule has 1 saturated heterocycles. The third kappa shape index (κ3) is 5.78. The van der Waals surface area contributed by atoms with E-state index in [9.17, 15) is 13.5 Å². The number of hydrogen-bond acceptors (Lipinski definition) is 4. The summed E-state index contributed by atoms with van der Waals surface area (Å²) in [6, 6.07) is 0. The zero-order valence-corrected chi connectivity index (χ0v) is 10.8. The number of sulfone groups is 1. The summed E-state index contributed by atoms with van der Waals surface area (Å²) in [5, 5.41) is 10.2. The maximum absolute atomic E-state index is 10.9. The van der Waals surface area contributed by atoms with Crippen molar-refractivity contribution in [1.29, 1.82) is 0 Å². The number of thioether (sulfide) groups is 1. The van der Waals surface area contributed by atoms with E-state index in [4.69, 9.17) is 0 Å². The van der Waals surface area contributed by atoms with Crippen LogP contribution in [0.1, 0.15) is 32.1 Å². The molecule has 0 aromatic carbocycles. The first-order valence-electron chi connectivity index (χ1n) is 5.46. The molecule has 0 spiro atoms. The maximum atomic E-state index is 10.9. The van der Waals surface area contributed by atoms with Gasteiger partial charge in [-0.1, -0.05) is 6.42 Å². The molecule has 1 aliphatic rings. The molecule has 0 aromatic heterocycles. The summed E-state index contributed by atoms with van der Waals surface area (Å²) in [4.78, 5) is 0. The molecule has 0 saturated carbocycles. The summed E-state index contributed by atoms with van der Waals surface area (Å²) in [7, 11) is -2.87. The number of aliphatic hydroxyl groups excluding tert-OH is 1. The molecule has 0 aliphatic carbocycles. The van der Waals surface area contributed by atoms with E-state index in [-0.39, 0.29) is 11.9 Å². The van der Waals surface area contributed by atoms with Gasteiger partial charge in [0.25, 0.3) is 0 Å². The number of aliphatic hydroxyl groups is 1. The predicted molar refractivity (Wildman–Crippen MR) is 65.0 cm³/mol. The van der Waals surface area contributed by atoms with Crippen LogP contribution in [0.2, 0.25) is 0 Å². The van der Waals surface area contributed by atoms with Crippen LogP contribution < -0.4 is 0 Å². The Morgan fingerprint density at radius 1 is 1.47 bits per heavy atom. The summed E-state index contributed by atoms with van der Waals surface area (Å²) in [6.07, 6.45) is 5.64. The lowest BCUT2D eigenvalue weighted by molar-refractivity contribution is 0.155. The van der Waals surface area contributed by atoms with Crippen LogP contribution in [0.25, 0.3) is 0 Å². The lowest BCUT2D eigenvalue weighted by Gasteiger charge is -2.25. The van der Waals surface area contributed by atoms with Crippen molar-refractivity contribution >= 4 is 21.6 Å². The Morgan fingerprint density at radius 2 is 2.20 bits per heavy atom. The van der Waals surface area contributed by atoms with Gasteiger partial charge in [0.2, 0.25) is 0 Å². The van der Waals surface area contributed by atoms with Crippen molar-refractivity contribution in [1.82, 2.24) is 0 Å². The summed E-state index contributed by atoms with van der Waals surface area (Å²) in [5.74, 6) is 1.33. The van der Waals surface area contributed by atoms with Crippen LogP contribution in [-0.4, -0.2) is 42.6 Å². The fourth-order valence-corrected chi connectivity index (χ4v) is 3.87. The minimum absolute atomic E-state index is 0.196. The van der Waals surface area contributed by atoms with Gasteiger partial charge in [0.15, 0.2) is 0 Å². The molecule has 1 aliphatic heterocycles. The van der Waals surface area contributed by atoms with Gasteiger partial charge < -0.3 is 5.11 Å².